The van der Waals surface area contributed by atoms with E-state index in [1.54, 1.807) is 43.5 Å². The number of nitrogens with zero attached hydrogens (tertiary/aromatic N) is 1. The summed E-state index contributed by atoms with van der Waals surface area (Å²) in [5.41, 5.74) is 1.52. The van der Waals surface area contributed by atoms with Gasteiger partial charge in [0, 0.05) is 0 Å². The Morgan fingerprint density at radius 3 is 2.70 bits per heavy atom. The molecule has 0 saturated heterocycles. The van der Waals surface area contributed by atoms with Crippen molar-refractivity contribution in [3.8, 4) is 11.5 Å². The molecule has 1 aliphatic rings. The van der Waals surface area contributed by atoms with Crippen LogP contribution in [0.25, 0.3) is 6.08 Å². The van der Waals surface area contributed by atoms with Crippen molar-refractivity contribution in [2.75, 3.05) is 7.11 Å². The van der Waals surface area contributed by atoms with E-state index in [0.717, 1.165) is 12.0 Å². The van der Waals surface area contributed by atoms with Crippen LogP contribution in [0.2, 0.25) is 5.02 Å². The molecule has 0 N–H and O–H groups in total. The highest BCUT2D eigenvalue weighted by molar-refractivity contribution is 6.34. The van der Waals surface area contributed by atoms with Crippen LogP contribution in [-0.4, -0.2) is 25.1 Å². The van der Waals surface area contributed by atoms with E-state index in [-0.39, 0.29) is 17.7 Å². The Bertz CT molecular complexity index is 920. The van der Waals surface area contributed by atoms with Gasteiger partial charge < -0.3 is 14.2 Å². The second-order valence-corrected chi connectivity index (χ2v) is 6.47. The van der Waals surface area contributed by atoms with Crippen LogP contribution in [0.4, 0.5) is 0 Å². The summed E-state index contributed by atoms with van der Waals surface area (Å²) >= 11 is 6.15. The van der Waals surface area contributed by atoms with Gasteiger partial charge in [-0.05, 0) is 49.2 Å². The average molecular weight is 386 g/mol. The summed E-state index contributed by atoms with van der Waals surface area (Å²) in [5, 5.41) is 0.471. The van der Waals surface area contributed by atoms with Gasteiger partial charge in [-0.15, -0.1) is 0 Å². The number of carbonyl (C=O) groups is 1. The summed E-state index contributed by atoms with van der Waals surface area (Å²) < 4.78 is 16.5. The van der Waals surface area contributed by atoms with E-state index in [2.05, 4.69) is 11.9 Å². The number of benzene rings is 2. The summed E-state index contributed by atoms with van der Waals surface area (Å²) in [7, 11) is 1.58. The molecular weight excluding hydrogens is 366 g/mol. The third kappa shape index (κ3) is 4.31. The molecule has 0 radical (unpaired) electrons. The van der Waals surface area contributed by atoms with E-state index < -0.39 is 5.97 Å². The first-order valence-electron chi connectivity index (χ1n) is 8.64. The maximum Gasteiger partial charge on any atom is 0.363 e. The van der Waals surface area contributed by atoms with Crippen molar-refractivity contribution in [1.82, 2.24) is 0 Å². The second kappa shape index (κ2) is 8.27. The van der Waals surface area contributed by atoms with Crippen LogP contribution in [0.1, 0.15) is 31.4 Å². The van der Waals surface area contributed by atoms with Gasteiger partial charge in [-0.3, -0.25) is 0 Å². The van der Waals surface area contributed by atoms with Crippen LogP contribution in [-0.2, 0) is 9.53 Å². The minimum absolute atomic E-state index is 0.0793. The molecule has 3 rings (SSSR count). The molecule has 0 aromatic heterocycles. The van der Waals surface area contributed by atoms with Gasteiger partial charge in [-0.1, -0.05) is 36.7 Å². The predicted molar refractivity (Wildman–Crippen MR) is 105 cm³/mol. The molecule has 0 spiro atoms. The molecule has 0 aliphatic carbocycles. The number of carbonyl (C=O) groups excluding carboxylic acids is 1. The van der Waals surface area contributed by atoms with Crippen molar-refractivity contribution >= 4 is 29.5 Å². The van der Waals surface area contributed by atoms with Crippen LogP contribution in [0.15, 0.2) is 53.2 Å². The molecule has 140 valence electrons. The molecule has 1 heterocycles. The summed E-state index contributed by atoms with van der Waals surface area (Å²) in [6.07, 6.45) is 2.61. The van der Waals surface area contributed by atoms with Gasteiger partial charge in [0.2, 0.25) is 5.90 Å². The molecule has 2 aromatic carbocycles. The van der Waals surface area contributed by atoms with E-state index in [4.69, 9.17) is 25.8 Å². The highest BCUT2D eigenvalue weighted by Gasteiger charge is 2.25. The van der Waals surface area contributed by atoms with Crippen molar-refractivity contribution in [2.45, 2.75) is 26.4 Å². The smallest absolute Gasteiger partial charge is 0.363 e. The van der Waals surface area contributed by atoms with Crippen LogP contribution in [0, 0.1) is 0 Å². The minimum atomic E-state index is -0.524. The largest absolute Gasteiger partial charge is 0.493 e. The fourth-order valence-electron chi connectivity index (χ4n) is 2.49. The van der Waals surface area contributed by atoms with E-state index in [9.17, 15) is 4.79 Å². The van der Waals surface area contributed by atoms with Crippen LogP contribution < -0.4 is 9.47 Å². The van der Waals surface area contributed by atoms with E-state index in [0.29, 0.717) is 22.1 Å². The SMILES string of the molecule is CCC(C)Oc1ccc(/C=C2\N=C(c3ccccc3Cl)OC2=O)cc1OC. The zero-order valence-electron chi connectivity index (χ0n) is 15.4. The fraction of sp³-hybridized carbons (Fsp3) is 0.238. The molecule has 27 heavy (non-hydrogen) atoms. The van der Waals surface area contributed by atoms with Crippen LogP contribution >= 0.6 is 11.6 Å². The van der Waals surface area contributed by atoms with Crippen molar-refractivity contribution in [2.24, 2.45) is 4.99 Å². The topological polar surface area (TPSA) is 57.1 Å². The Labute approximate surface area is 163 Å². The van der Waals surface area contributed by atoms with E-state index >= 15 is 0 Å². The number of ether oxygens (including phenoxy) is 3. The lowest BCUT2D eigenvalue weighted by molar-refractivity contribution is -0.129. The zero-order valence-corrected chi connectivity index (χ0v) is 16.1. The number of cyclic esters (lactones) is 1. The number of methoxy groups -OCH3 is 1. The summed E-state index contributed by atoms with van der Waals surface area (Å²) in [6, 6.07) is 12.5. The maximum absolute atomic E-state index is 12.2. The third-order valence-corrected chi connectivity index (χ3v) is 4.45. The molecular formula is C21H20ClNO4. The molecule has 0 saturated carbocycles. The summed E-state index contributed by atoms with van der Waals surface area (Å²) in [6.45, 7) is 4.05. The lowest BCUT2D eigenvalue weighted by Gasteiger charge is -2.15. The summed E-state index contributed by atoms with van der Waals surface area (Å²) in [4.78, 5) is 16.5. The lowest BCUT2D eigenvalue weighted by Crippen LogP contribution is -2.10. The van der Waals surface area contributed by atoms with Crippen LogP contribution in [0.5, 0.6) is 11.5 Å². The number of halogens is 1. The van der Waals surface area contributed by atoms with Crippen molar-refractivity contribution in [1.29, 1.82) is 0 Å². The molecule has 1 unspecified atom stereocenters. The second-order valence-electron chi connectivity index (χ2n) is 6.06. The lowest BCUT2D eigenvalue weighted by atomic mass is 10.1. The molecule has 1 aliphatic heterocycles. The number of aliphatic imine (C=N–C) groups is 1. The van der Waals surface area contributed by atoms with Crippen molar-refractivity contribution in [3.05, 3.63) is 64.3 Å². The Morgan fingerprint density at radius 1 is 1.22 bits per heavy atom. The zero-order chi connectivity index (χ0) is 19.4. The molecule has 2 aromatic rings. The van der Waals surface area contributed by atoms with Gasteiger partial charge in [0.1, 0.15) is 0 Å². The molecule has 0 bridgehead atoms. The van der Waals surface area contributed by atoms with Crippen molar-refractivity contribution < 1.29 is 19.0 Å². The van der Waals surface area contributed by atoms with E-state index in [1.807, 2.05) is 19.1 Å². The Kier molecular flexibility index (Phi) is 5.81. The first-order valence-corrected chi connectivity index (χ1v) is 9.01. The van der Waals surface area contributed by atoms with E-state index in [1.165, 1.54) is 0 Å². The molecule has 0 amide bonds. The number of hydrogen-bond acceptors (Lipinski definition) is 5. The first-order chi connectivity index (χ1) is 13.0. The Hall–Kier alpha value is -2.79. The third-order valence-electron chi connectivity index (χ3n) is 4.12. The highest BCUT2D eigenvalue weighted by Crippen LogP contribution is 2.31. The summed E-state index contributed by atoms with van der Waals surface area (Å²) in [5.74, 6) is 0.916. The number of hydrogen-bond donors (Lipinski definition) is 0. The minimum Gasteiger partial charge on any atom is -0.493 e. The Balaban J connectivity index is 1.90. The molecule has 6 heteroatoms. The Morgan fingerprint density at radius 2 is 2.00 bits per heavy atom. The fourth-order valence-corrected chi connectivity index (χ4v) is 2.70. The molecule has 0 fully saturated rings. The van der Waals surface area contributed by atoms with Gasteiger partial charge >= 0.3 is 5.97 Å². The standard InChI is InChI=1S/C21H20ClNO4/c1-4-13(2)26-18-10-9-14(12-19(18)25-3)11-17-21(24)27-20(23-17)15-7-5-6-8-16(15)22/h5-13H,4H2,1-3H3/b17-11-. The van der Waals surface area contributed by atoms with Gasteiger partial charge in [0.25, 0.3) is 0 Å². The molecule has 1 atom stereocenters. The van der Waals surface area contributed by atoms with Gasteiger partial charge in [-0.2, -0.15) is 0 Å². The quantitative estimate of drug-likeness (QED) is 0.525. The monoisotopic (exact) mass is 385 g/mol. The predicted octanol–water partition coefficient (Wildman–Crippen LogP) is 4.87. The van der Waals surface area contributed by atoms with Gasteiger partial charge in [0.15, 0.2) is 17.2 Å². The maximum atomic E-state index is 12.2. The van der Waals surface area contributed by atoms with Gasteiger partial charge in [-0.25, -0.2) is 9.79 Å². The normalized spacial score (nSPS) is 16.1. The van der Waals surface area contributed by atoms with Crippen molar-refractivity contribution in [3.63, 3.8) is 0 Å². The number of rotatable bonds is 6. The highest BCUT2D eigenvalue weighted by atomic mass is 35.5. The van der Waals surface area contributed by atoms with Gasteiger partial charge in [0.05, 0.1) is 23.8 Å². The van der Waals surface area contributed by atoms with Crippen LogP contribution in [0.3, 0.4) is 0 Å². The molecule has 5 nitrogen and oxygen atoms in total. The average Bonchev–Trinajstić information content (AvgIpc) is 3.03. The first kappa shape index (κ1) is 19.0. The number of esters is 1.